The van der Waals surface area contributed by atoms with Crippen molar-refractivity contribution in [2.75, 3.05) is 13.1 Å². The number of pyridine rings is 1. The number of likely N-dealkylation sites (tertiary alicyclic amines) is 1. The average molecular weight is 327 g/mol. The van der Waals surface area contributed by atoms with Crippen molar-refractivity contribution in [3.8, 4) is 0 Å². The minimum absolute atomic E-state index is 0.0113. The van der Waals surface area contributed by atoms with E-state index in [1.165, 1.54) is 4.68 Å². The molecule has 1 amide bonds. The summed E-state index contributed by atoms with van der Waals surface area (Å²) in [4.78, 5) is 30.6. The molecule has 0 unspecified atom stereocenters. The molecule has 1 saturated heterocycles. The van der Waals surface area contributed by atoms with Crippen LogP contribution in [0.15, 0.2) is 29.3 Å². The summed E-state index contributed by atoms with van der Waals surface area (Å²) in [6.45, 7) is 1.39. The van der Waals surface area contributed by atoms with E-state index < -0.39 is 0 Å². The van der Waals surface area contributed by atoms with Gasteiger partial charge < -0.3 is 4.90 Å². The molecular formula is C17H21N5O2. The van der Waals surface area contributed by atoms with E-state index in [9.17, 15) is 9.59 Å². The number of hydrogen-bond acceptors (Lipinski definition) is 4. The number of aryl methyl sites for hydroxylation is 1. The van der Waals surface area contributed by atoms with E-state index in [-0.39, 0.29) is 17.5 Å². The van der Waals surface area contributed by atoms with Gasteiger partial charge in [0.1, 0.15) is 5.82 Å². The Bertz CT molecular complexity index is 798. The zero-order valence-corrected chi connectivity index (χ0v) is 13.8. The predicted molar refractivity (Wildman–Crippen MR) is 87.9 cm³/mol. The molecule has 3 heterocycles. The summed E-state index contributed by atoms with van der Waals surface area (Å²) in [5.74, 6) is 1.21. The Hall–Kier alpha value is -2.44. The molecule has 2 aromatic rings. The molecule has 2 fully saturated rings. The van der Waals surface area contributed by atoms with Crippen molar-refractivity contribution in [3.63, 3.8) is 0 Å². The van der Waals surface area contributed by atoms with Gasteiger partial charge in [0.25, 0.3) is 5.91 Å². The van der Waals surface area contributed by atoms with Crippen molar-refractivity contribution >= 4 is 5.91 Å². The van der Waals surface area contributed by atoms with Gasteiger partial charge in [-0.2, -0.15) is 5.10 Å². The summed E-state index contributed by atoms with van der Waals surface area (Å²) in [6.07, 6.45) is 7.11. The van der Waals surface area contributed by atoms with Gasteiger partial charge in [-0.15, -0.1) is 0 Å². The van der Waals surface area contributed by atoms with Gasteiger partial charge in [-0.25, -0.2) is 9.48 Å². The van der Waals surface area contributed by atoms with Crippen molar-refractivity contribution in [2.24, 2.45) is 7.05 Å². The van der Waals surface area contributed by atoms with Crippen LogP contribution >= 0.6 is 0 Å². The Labute approximate surface area is 139 Å². The zero-order valence-electron chi connectivity index (χ0n) is 13.8. The fraction of sp³-hybridized carbons (Fsp3) is 0.529. The molecule has 7 nitrogen and oxygen atoms in total. The smallest absolute Gasteiger partial charge is 0.339 e. The second-order valence-corrected chi connectivity index (χ2v) is 6.67. The highest BCUT2D eigenvalue weighted by Gasteiger charge is 2.34. The summed E-state index contributed by atoms with van der Waals surface area (Å²) in [5.41, 5.74) is 0.666. The lowest BCUT2D eigenvalue weighted by atomic mass is 9.95. The standard InChI is InChI=1S/C17H21N5O2/c1-20-17(24)22(14-2-3-14)15(19-20)12-6-10-21(11-7-12)16(23)13-4-8-18-9-5-13/h4-5,8-9,12,14H,2-3,6-7,10-11H2,1H3. The molecule has 0 N–H and O–H groups in total. The molecule has 24 heavy (non-hydrogen) atoms. The molecule has 1 aliphatic carbocycles. The number of rotatable bonds is 3. The summed E-state index contributed by atoms with van der Waals surface area (Å²) in [7, 11) is 1.72. The van der Waals surface area contributed by atoms with Gasteiger partial charge in [-0.3, -0.25) is 14.3 Å². The second kappa shape index (κ2) is 5.89. The highest BCUT2D eigenvalue weighted by molar-refractivity contribution is 5.94. The van der Waals surface area contributed by atoms with E-state index in [1.54, 1.807) is 31.6 Å². The second-order valence-electron chi connectivity index (χ2n) is 6.67. The molecule has 4 rings (SSSR count). The molecule has 1 saturated carbocycles. The summed E-state index contributed by atoms with van der Waals surface area (Å²) in [6, 6.07) is 3.83. The number of carbonyl (C=O) groups excluding carboxylic acids is 1. The number of aromatic nitrogens is 4. The molecule has 126 valence electrons. The van der Waals surface area contributed by atoms with Crippen molar-refractivity contribution in [1.82, 2.24) is 24.2 Å². The van der Waals surface area contributed by atoms with Crippen LogP contribution in [0, 0.1) is 0 Å². The van der Waals surface area contributed by atoms with E-state index in [1.807, 2.05) is 9.47 Å². The monoisotopic (exact) mass is 327 g/mol. The van der Waals surface area contributed by atoms with Crippen molar-refractivity contribution in [1.29, 1.82) is 0 Å². The first-order chi connectivity index (χ1) is 11.6. The Morgan fingerprint density at radius 3 is 2.42 bits per heavy atom. The number of piperidine rings is 1. The van der Waals surface area contributed by atoms with Crippen LogP contribution < -0.4 is 5.69 Å². The molecular weight excluding hydrogens is 306 g/mol. The minimum Gasteiger partial charge on any atom is -0.339 e. The Balaban J connectivity index is 1.48. The Kier molecular flexibility index (Phi) is 3.70. The molecule has 1 aliphatic heterocycles. The maximum absolute atomic E-state index is 12.5. The molecule has 0 aromatic carbocycles. The highest BCUT2D eigenvalue weighted by Crippen LogP contribution is 2.37. The van der Waals surface area contributed by atoms with Crippen LogP contribution in [0.5, 0.6) is 0 Å². The fourth-order valence-corrected chi connectivity index (χ4v) is 3.47. The van der Waals surface area contributed by atoms with Crippen LogP contribution in [0.3, 0.4) is 0 Å². The topological polar surface area (TPSA) is 73.0 Å². The zero-order chi connectivity index (χ0) is 16.7. The molecule has 0 atom stereocenters. The lowest BCUT2D eigenvalue weighted by molar-refractivity contribution is 0.0710. The molecule has 2 aromatic heterocycles. The molecule has 0 spiro atoms. The Morgan fingerprint density at radius 1 is 1.12 bits per heavy atom. The van der Waals surface area contributed by atoms with Gasteiger partial charge in [-0.1, -0.05) is 0 Å². The van der Waals surface area contributed by atoms with Crippen LogP contribution in [0.4, 0.5) is 0 Å². The first kappa shape index (κ1) is 15.1. The first-order valence-electron chi connectivity index (χ1n) is 8.50. The quantitative estimate of drug-likeness (QED) is 0.852. The molecule has 0 radical (unpaired) electrons. The van der Waals surface area contributed by atoms with Crippen molar-refractivity contribution in [2.45, 2.75) is 37.6 Å². The van der Waals surface area contributed by atoms with Crippen LogP contribution in [0.25, 0.3) is 0 Å². The van der Waals surface area contributed by atoms with Crippen LogP contribution in [0.2, 0.25) is 0 Å². The van der Waals surface area contributed by atoms with Gasteiger partial charge in [0.15, 0.2) is 0 Å². The van der Waals surface area contributed by atoms with Gasteiger partial charge in [-0.05, 0) is 37.8 Å². The van der Waals surface area contributed by atoms with E-state index in [2.05, 4.69) is 10.1 Å². The third-order valence-electron chi connectivity index (χ3n) is 4.97. The van der Waals surface area contributed by atoms with E-state index in [4.69, 9.17) is 0 Å². The minimum atomic E-state index is -0.0113. The van der Waals surface area contributed by atoms with Gasteiger partial charge >= 0.3 is 5.69 Å². The van der Waals surface area contributed by atoms with Crippen molar-refractivity contribution in [3.05, 3.63) is 46.4 Å². The maximum Gasteiger partial charge on any atom is 0.345 e. The largest absolute Gasteiger partial charge is 0.345 e. The fourth-order valence-electron chi connectivity index (χ4n) is 3.47. The predicted octanol–water partition coefficient (Wildman–Crippen LogP) is 1.33. The van der Waals surface area contributed by atoms with Crippen LogP contribution in [0.1, 0.15) is 53.8 Å². The van der Waals surface area contributed by atoms with Crippen molar-refractivity contribution < 1.29 is 4.79 Å². The van der Waals surface area contributed by atoms with E-state index >= 15 is 0 Å². The number of carbonyl (C=O) groups is 1. The molecule has 0 bridgehead atoms. The third kappa shape index (κ3) is 2.64. The van der Waals surface area contributed by atoms with Crippen LogP contribution in [-0.4, -0.2) is 43.2 Å². The Morgan fingerprint density at radius 2 is 1.79 bits per heavy atom. The lowest BCUT2D eigenvalue weighted by Gasteiger charge is -2.31. The first-order valence-corrected chi connectivity index (χ1v) is 8.50. The SMILES string of the molecule is Cn1nc(C2CCN(C(=O)c3ccncc3)CC2)n(C2CC2)c1=O. The summed E-state index contributed by atoms with van der Waals surface area (Å²) < 4.78 is 3.33. The highest BCUT2D eigenvalue weighted by atomic mass is 16.2. The molecule has 7 heteroatoms. The lowest BCUT2D eigenvalue weighted by Crippen LogP contribution is -2.38. The maximum atomic E-state index is 12.5. The van der Waals surface area contributed by atoms with Gasteiger partial charge in [0, 0.05) is 50.1 Å². The summed E-state index contributed by atoms with van der Waals surface area (Å²) in [5, 5.41) is 4.48. The van der Waals surface area contributed by atoms with E-state index in [0.29, 0.717) is 24.7 Å². The van der Waals surface area contributed by atoms with Gasteiger partial charge in [0.2, 0.25) is 0 Å². The van der Waals surface area contributed by atoms with E-state index in [0.717, 1.165) is 31.5 Å². The normalized spacial score (nSPS) is 18.8. The van der Waals surface area contributed by atoms with Crippen LogP contribution in [-0.2, 0) is 7.05 Å². The number of hydrogen-bond donors (Lipinski definition) is 0. The number of amides is 1. The van der Waals surface area contributed by atoms with Gasteiger partial charge in [0.05, 0.1) is 0 Å². The number of nitrogens with zero attached hydrogens (tertiary/aromatic N) is 5. The molecule has 2 aliphatic rings. The summed E-state index contributed by atoms with van der Waals surface area (Å²) >= 11 is 0. The average Bonchev–Trinajstić information content (AvgIpc) is 3.41. The third-order valence-corrected chi connectivity index (χ3v) is 4.97.